The van der Waals surface area contributed by atoms with Crippen molar-refractivity contribution in [1.29, 1.82) is 0 Å². The maximum absolute atomic E-state index is 13.7. The number of fused-ring (bicyclic) bond motifs is 6. The molecule has 5 rings (SSSR count). The lowest BCUT2D eigenvalue weighted by atomic mass is 9.71. The van der Waals surface area contributed by atoms with E-state index in [-0.39, 0.29) is 16.9 Å². The van der Waals surface area contributed by atoms with Crippen LogP contribution in [0.15, 0.2) is 35.9 Å². The van der Waals surface area contributed by atoms with Crippen LogP contribution < -0.4 is 4.90 Å². The third kappa shape index (κ3) is 3.00. The molecule has 2 fully saturated rings. The molecule has 0 spiro atoms. The number of amides is 2. The molecule has 2 saturated heterocycles. The molecule has 4 atom stereocenters. The number of benzene rings is 1. The van der Waals surface area contributed by atoms with E-state index in [0.29, 0.717) is 18.7 Å². The van der Waals surface area contributed by atoms with Gasteiger partial charge < -0.3 is 9.16 Å². The number of nitrogens with zero attached hydrogens (tertiary/aromatic N) is 2. The summed E-state index contributed by atoms with van der Waals surface area (Å²) in [5.74, 6) is -1.39. The Morgan fingerprint density at radius 1 is 1.19 bits per heavy atom. The van der Waals surface area contributed by atoms with Crippen molar-refractivity contribution in [2.75, 3.05) is 11.5 Å². The molecular formula is C24H30N2O4SSi. The van der Waals surface area contributed by atoms with E-state index in [0.717, 1.165) is 10.2 Å². The summed E-state index contributed by atoms with van der Waals surface area (Å²) < 4.78 is 13.8. The van der Waals surface area contributed by atoms with Crippen LogP contribution in [0.3, 0.4) is 0 Å². The quantitative estimate of drug-likeness (QED) is 0.353. The Morgan fingerprint density at radius 3 is 2.62 bits per heavy atom. The zero-order chi connectivity index (χ0) is 23.1. The molecule has 2 amide bonds. The molecule has 1 aromatic carbocycles. The second-order valence-corrected chi connectivity index (χ2v) is 16.6. The van der Waals surface area contributed by atoms with E-state index in [1.807, 2.05) is 37.3 Å². The van der Waals surface area contributed by atoms with Gasteiger partial charge in [-0.15, -0.1) is 11.3 Å². The molecule has 0 aliphatic carbocycles. The lowest BCUT2D eigenvalue weighted by Crippen LogP contribution is -2.44. The molecule has 0 N–H and O–H groups in total. The highest BCUT2D eigenvalue weighted by Gasteiger charge is 2.71. The molecular weight excluding hydrogens is 440 g/mol. The minimum atomic E-state index is -1.92. The Morgan fingerprint density at radius 2 is 1.91 bits per heavy atom. The topological polar surface area (TPSA) is 68.7 Å². The van der Waals surface area contributed by atoms with Crippen molar-refractivity contribution in [3.63, 3.8) is 0 Å². The van der Waals surface area contributed by atoms with Gasteiger partial charge in [-0.25, -0.2) is 9.88 Å². The van der Waals surface area contributed by atoms with Crippen LogP contribution in [0.4, 0.5) is 5.69 Å². The van der Waals surface area contributed by atoms with E-state index < -0.39 is 31.4 Å². The van der Waals surface area contributed by atoms with Gasteiger partial charge in [-0.2, -0.15) is 0 Å². The van der Waals surface area contributed by atoms with Crippen molar-refractivity contribution in [1.82, 2.24) is 4.98 Å². The lowest BCUT2D eigenvalue weighted by Gasteiger charge is -2.37. The molecule has 4 heterocycles. The Hall–Kier alpha value is -1.87. The first-order valence-corrected chi connectivity index (χ1v) is 14.9. The Bertz CT molecular complexity index is 1150. The second kappa shape index (κ2) is 6.82. The molecule has 6 nitrogen and oxygen atoms in total. The fraction of sp³-hybridized carbons (Fsp3) is 0.542. The van der Waals surface area contributed by atoms with Crippen LogP contribution in [0, 0.1) is 11.8 Å². The van der Waals surface area contributed by atoms with Gasteiger partial charge in [-0.1, -0.05) is 32.9 Å². The predicted molar refractivity (Wildman–Crippen MR) is 128 cm³/mol. The highest BCUT2D eigenvalue weighted by Crippen LogP contribution is 2.59. The van der Waals surface area contributed by atoms with Gasteiger partial charge in [-0.05, 0) is 43.3 Å². The van der Waals surface area contributed by atoms with Crippen molar-refractivity contribution in [3.05, 3.63) is 35.9 Å². The van der Waals surface area contributed by atoms with E-state index in [2.05, 4.69) is 38.8 Å². The molecule has 2 aromatic rings. The van der Waals surface area contributed by atoms with Gasteiger partial charge in [0.1, 0.15) is 5.60 Å². The van der Waals surface area contributed by atoms with E-state index in [1.165, 1.54) is 16.2 Å². The van der Waals surface area contributed by atoms with Gasteiger partial charge in [-0.3, -0.25) is 9.59 Å². The third-order valence-electron chi connectivity index (χ3n) is 7.89. The summed E-state index contributed by atoms with van der Waals surface area (Å²) in [4.78, 5) is 32.9. The number of carbonyl (C=O) groups excluding carboxylic acids is 2. The molecule has 0 radical (unpaired) electrons. The van der Waals surface area contributed by atoms with Crippen molar-refractivity contribution in [3.8, 4) is 0 Å². The third-order valence-corrected chi connectivity index (χ3v) is 13.2. The molecule has 2 bridgehead atoms. The van der Waals surface area contributed by atoms with E-state index >= 15 is 0 Å². The largest absolute Gasteiger partial charge is 0.417 e. The fourth-order valence-corrected chi connectivity index (χ4v) is 6.82. The number of hydrogen-bond acceptors (Lipinski definition) is 6. The van der Waals surface area contributed by atoms with Crippen LogP contribution in [-0.2, 0) is 18.8 Å². The van der Waals surface area contributed by atoms with Crippen molar-refractivity contribution < 1.29 is 18.8 Å². The number of carbonyl (C=O) groups is 2. The predicted octanol–water partition coefficient (Wildman–Crippen LogP) is 4.91. The number of ether oxygens (including phenoxy) is 1. The monoisotopic (exact) mass is 470 g/mol. The van der Waals surface area contributed by atoms with Crippen molar-refractivity contribution >= 4 is 47.4 Å². The summed E-state index contributed by atoms with van der Waals surface area (Å²) in [6, 6.07) is 5.56. The molecule has 3 aliphatic heterocycles. The van der Waals surface area contributed by atoms with E-state index in [4.69, 9.17) is 9.16 Å². The SMILES string of the molecule is CC12C=CC(CCO[Si](C)(C)C(C)(C)C)(O1)C1C(=O)N(c3ccc4ncsc4c3)C(=O)C12. The summed E-state index contributed by atoms with van der Waals surface area (Å²) in [5.41, 5.74) is 1.69. The number of imide groups is 1. The number of anilines is 1. The second-order valence-electron chi connectivity index (χ2n) is 10.9. The number of aromatic nitrogens is 1. The maximum atomic E-state index is 13.7. The minimum Gasteiger partial charge on any atom is -0.417 e. The minimum absolute atomic E-state index is 0.106. The summed E-state index contributed by atoms with van der Waals surface area (Å²) >= 11 is 1.50. The number of rotatable bonds is 5. The number of hydrogen-bond donors (Lipinski definition) is 0. The van der Waals surface area contributed by atoms with Gasteiger partial charge in [0.2, 0.25) is 11.8 Å². The Kier molecular flexibility index (Phi) is 4.68. The molecule has 3 aliphatic rings. The van der Waals surface area contributed by atoms with Gasteiger partial charge in [0.15, 0.2) is 8.32 Å². The zero-order valence-corrected chi connectivity index (χ0v) is 21.3. The Balaban J connectivity index is 1.43. The zero-order valence-electron chi connectivity index (χ0n) is 19.5. The normalized spacial score (nSPS) is 31.9. The molecule has 0 saturated carbocycles. The van der Waals surface area contributed by atoms with Crippen LogP contribution in [0.5, 0.6) is 0 Å². The molecule has 1 aromatic heterocycles. The van der Waals surface area contributed by atoms with Crippen LogP contribution in [-0.4, -0.2) is 42.9 Å². The summed E-state index contributed by atoms with van der Waals surface area (Å²) in [6.07, 6.45) is 4.54. The Labute approximate surface area is 193 Å². The summed E-state index contributed by atoms with van der Waals surface area (Å²) in [7, 11) is -1.92. The fourth-order valence-electron chi connectivity index (χ4n) is 5.07. The molecule has 4 unspecified atom stereocenters. The van der Waals surface area contributed by atoms with E-state index in [9.17, 15) is 9.59 Å². The average Bonchev–Trinajstić information content (AvgIpc) is 3.41. The highest BCUT2D eigenvalue weighted by atomic mass is 32.1. The molecule has 170 valence electrons. The summed E-state index contributed by atoms with van der Waals surface area (Å²) in [5, 5.41) is 0.106. The summed E-state index contributed by atoms with van der Waals surface area (Å²) in [6.45, 7) is 13.5. The first kappa shape index (κ1) is 21.9. The molecule has 32 heavy (non-hydrogen) atoms. The number of thiazole rings is 1. The average molecular weight is 471 g/mol. The smallest absolute Gasteiger partial charge is 0.241 e. The first-order chi connectivity index (χ1) is 14.9. The van der Waals surface area contributed by atoms with Crippen molar-refractivity contribution in [2.45, 2.75) is 63.5 Å². The lowest BCUT2D eigenvalue weighted by molar-refractivity contribution is -0.129. The van der Waals surface area contributed by atoms with Crippen LogP contribution in [0.1, 0.15) is 34.1 Å². The van der Waals surface area contributed by atoms with Gasteiger partial charge in [0.05, 0.1) is 38.9 Å². The van der Waals surface area contributed by atoms with E-state index in [1.54, 1.807) is 5.51 Å². The van der Waals surface area contributed by atoms with Gasteiger partial charge in [0.25, 0.3) is 0 Å². The van der Waals surface area contributed by atoms with Crippen molar-refractivity contribution in [2.24, 2.45) is 11.8 Å². The maximum Gasteiger partial charge on any atom is 0.241 e. The van der Waals surface area contributed by atoms with Crippen LogP contribution in [0.25, 0.3) is 10.2 Å². The van der Waals surface area contributed by atoms with Gasteiger partial charge in [0, 0.05) is 13.0 Å². The molecule has 8 heteroatoms. The highest BCUT2D eigenvalue weighted by molar-refractivity contribution is 7.16. The van der Waals surface area contributed by atoms with Crippen LogP contribution in [0.2, 0.25) is 18.1 Å². The standard InChI is InChI=1S/C24H30N2O4SSi/c1-22(2,3)32(5,6)29-12-11-24-10-9-23(4,30-24)18-19(24)21(28)26(20(18)27)15-7-8-16-17(13-15)31-14-25-16/h7-10,13-14,18-19H,11-12H2,1-6H3. The first-order valence-electron chi connectivity index (χ1n) is 11.1. The van der Waals surface area contributed by atoms with Gasteiger partial charge >= 0.3 is 0 Å². The van der Waals surface area contributed by atoms with Crippen LogP contribution >= 0.6 is 11.3 Å².